The van der Waals surface area contributed by atoms with Crippen LogP contribution in [0, 0.1) is 5.82 Å². The van der Waals surface area contributed by atoms with Crippen LogP contribution in [0.5, 0.6) is 5.75 Å². The molecule has 146 valence electrons. The average molecular weight is 393 g/mol. The van der Waals surface area contributed by atoms with Gasteiger partial charge in [-0.05, 0) is 37.5 Å². The molecule has 0 radical (unpaired) electrons. The van der Waals surface area contributed by atoms with Gasteiger partial charge < -0.3 is 14.2 Å². The molecule has 0 atom stereocenters. The molecule has 0 bridgehead atoms. The van der Waals surface area contributed by atoms with E-state index in [4.69, 9.17) is 4.74 Å². The molecule has 8 heteroatoms. The lowest BCUT2D eigenvalue weighted by molar-refractivity contribution is -0.128. The molecule has 0 saturated carbocycles. The van der Waals surface area contributed by atoms with Crippen molar-refractivity contribution >= 4 is 17.7 Å². The number of benzene rings is 1. The minimum atomic E-state index is -0.418. The number of aryl methyl sites for hydroxylation is 1. The second-order valence-corrected chi connectivity index (χ2v) is 7.47. The van der Waals surface area contributed by atoms with Crippen molar-refractivity contribution in [1.82, 2.24) is 19.7 Å². The van der Waals surface area contributed by atoms with Crippen LogP contribution in [0.1, 0.15) is 37.6 Å². The van der Waals surface area contributed by atoms with Gasteiger partial charge in [0.25, 0.3) is 0 Å². The van der Waals surface area contributed by atoms with Crippen molar-refractivity contribution in [3.8, 4) is 5.75 Å². The van der Waals surface area contributed by atoms with Crippen LogP contribution in [0.4, 0.5) is 4.39 Å². The summed E-state index contributed by atoms with van der Waals surface area (Å²) in [7, 11) is 1.43. The molecular formula is C19H25FN4O2S. The van der Waals surface area contributed by atoms with Crippen molar-refractivity contribution in [2.45, 2.75) is 50.9 Å². The van der Waals surface area contributed by atoms with E-state index in [0.29, 0.717) is 18.8 Å². The van der Waals surface area contributed by atoms with Crippen molar-refractivity contribution in [3.05, 3.63) is 35.4 Å². The second kappa shape index (κ2) is 9.21. The van der Waals surface area contributed by atoms with Crippen LogP contribution in [0.3, 0.4) is 0 Å². The number of thioether (sulfide) groups is 1. The highest BCUT2D eigenvalue weighted by molar-refractivity contribution is 7.99. The van der Waals surface area contributed by atoms with Gasteiger partial charge in [0, 0.05) is 26.1 Å². The number of carbonyl (C=O) groups excluding carboxylic acids is 1. The van der Waals surface area contributed by atoms with Crippen molar-refractivity contribution in [3.63, 3.8) is 0 Å². The topological polar surface area (TPSA) is 60.2 Å². The van der Waals surface area contributed by atoms with Crippen molar-refractivity contribution in [2.24, 2.45) is 0 Å². The van der Waals surface area contributed by atoms with Gasteiger partial charge in [0.1, 0.15) is 5.82 Å². The van der Waals surface area contributed by atoms with Crippen molar-refractivity contribution < 1.29 is 13.9 Å². The van der Waals surface area contributed by atoms with Crippen LogP contribution in [0.25, 0.3) is 0 Å². The third kappa shape index (κ3) is 4.80. The van der Waals surface area contributed by atoms with Gasteiger partial charge in [-0.3, -0.25) is 4.79 Å². The summed E-state index contributed by atoms with van der Waals surface area (Å²) < 4.78 is 21.0. The van der Waals surface area contributed by atoms with Crippen LogP contribution >= 0.6 is 11.8 Å². The Kier molecular flexibility index (Phi) is 6.71. The normalized spacial score (nSPS) is 13.7. The first-order valence-electron chi connectivity index (χ1n) is 9.27. The summed E-state index contributed by atoms with van der Waals surface area (Å²) in [5.41, 5.74) is 0.741. The predicted molar refractivity (Wildman–Crippen MR) is 102 cm³/mol. The number of rotatable bonds is 7. The summed E-state index contributed by atoms with van der Waals surface area (Å²) in [4.78, 5) is 14.4. The Morgan fingerprint density at radius 2 is 2.19 bits per heavy atom. The maximum atomic E-state index is 13.9. The lowest BCUT2D eigenvalue weighted by Crippen LogP contribution is -2.31. The Hall–Kier alpha value is -2.09. The Morgan fingerprint density at radius 3 is 2.93 bits per heavy atom. The molecule has 1 aliphatic rings. The summed E-state index contributed by atoms with van der Waals surface area (Å²) in [6, 6.07) is 4.78. The average Bonchev–Trinajstić information content (AvgIpc) is 2.90. The summed E-state index contributed by atoms with van der Waals surface area (Å²) in [6.45, 7) is 3.77. The van der Waals surface area contributed by atoms with E-state index in [1.165, 1.54) is 31.4 Å². The van der Waals surface area contributed by atoms with E-state index in [-0.39, 0.29) is 11.7 Å². The Labute approximate surface area is 163 Å². The SMILES string of the molecule is CCN(Cc1ccc(OC)c(F)c1)C(=O)CSc1nnc2n1CCCCC2. The van der Waals surface area contributed by atoms with Crippen LogP contribution < -0.4 is 4.74 Å². The van der Waals surface area contributed by atoms with E-state index in [1.807, 2.05) is 6.92 Å². The van der Waals surface area contributed by atoms with E-state index < -0.39 is 5.82 Å². The highest BCUT2D eigenvalue weighted by Crippen LogP contribution is 2.23. The van der Waals surface area contributed by atoms with E-state index in [0.717, 1.165) is 42.4 Å². The van der Waals surface area contributed by atoms with E-state index in [2.05, 4.69) is 14.8 Å². The Morgan fingerprint density at radius 1 is 1.33 bits per heavy atom. The van der Waals surface area contributed by atoms with Crippen molar-refractivity contribution in [1.29, 1.82) is 0 Å². The first-order chi connectivity index (χ1) is 13.1. The van der Waals surface area contributed by atoms with E-state index in [9.17, 15) is 9.18 Å². The summed E-state index contributed by atoms with van der Waals surface area (Å²) in [5, 5.41) is 9.33. The smallest absolute Gasteiger partial charge is 0.233 e. The number of ether oxygens (including phenoxy) is 1. The molecule has 0 N–H and O–H groups in total. The van der Waals surface area contributed by atoms with Gasteiger partial charge in [0.05, 0.1) is 12.9 Å². The standard InChI is InChI=1S/C19H25FN4O2S/c1-3-23(12-14-8-9-16(26-2)15(20)11-14)18(25)13-27-19-22-21-17-7-5-4-6-10-24(17)19/h8-9,11H,3-7,10,12-13H2,1-2H3. The van der Waals surface area contributed by atoms with Gasteiger partial charge in [-0.2, -0.15) is 0 Å². The maximum Gasteiger partial charge on any atom is 0.233 e. The van der Waals surface area contributed by atoms with Gasteiger partial charge in [-0.1, -0.05) is 24.2 Å². The largest absolute Gasteiger partial charge is 0.494 e. The minimum Gasteiger partial charge on any atom is -0.494 e. The zero-order valence-corrected chi connectivity index (χ0v) is 16.6. The van der Waals surface area contributed by atoms with Gasteiger partial charge in [0.2, 0.25) is 5.91 Å². The first-order valence-corrected chi connectivity index (χ1v) is 10.3. The number of aromatic nitrogens is 3. The first kappa shape index (κ1) is 19.7. The predicted octanol–water partition coefficient (Wildman–Crippen LogP) is 3.29. The number of fused-ring (bicyclic) bond motifs is 1. The van der Waals surface area contributed by atoms with E-state index in [1.54, 1.807) is 17.0 Å². The highest BCUT2D eigenvalue weighted by atomic mass is 32.2. The summed E-state index contributed by atoms with van der Waals surface area (Å²) >= 11 is 1.43. The number of methoxy groups -OCH3 is 1. The van der Waals surface area contributed by atoms with Gasteiger partial charge in [-0.25, -0.2) is 4.39 Å². The maximum absolute atomic E-state index is 13.9. The number of nitrogens with zero attached hydrogens (tertiary/aromatic N) is 4. The molecule has 27 heavy (non-hydrogen) atoms. The molecule has 3 rings (SSSR count). The second-order valence-electron chi connectivity index (χ2n) is 6.53. The van der Waals surface area contributed by atoms with Crippen LogP contribution in [0.15, 0.2) is 23.4 Å². The molecule has 1 aliphatic heterocycles. The van der Waals surface area contributed by atoms with Crippen LogP contribution in [-0.2, 0) is 24.3 Å². The third-order valence-corrected chi connectivity index (χ3v) is 5.68. The van der Waals surface area contributed by atoms with Gasteiger partial charge >= 0.3 is 0 Å². The number of carbonyl (C=O) groups is 1. The molecule has 0 unspecified atom stereocenters. The number of hydrogen-bond acceptors (Lipinski definition) is 5. The van der Waals surface area contributed by atoms with E-state index >= 15 is 0 Å². The zero-order chi connectivity index (χ0) is 19.2. The van der Waals surface area contributed by atoms with Crippen molar-refractivity contribution in [2.75, 3.05) is 19.4 Å². The van der Waals surface area contributed by atoms with Crippen LogP contribution in [0.2, 0.25) is 0 Å². The van der Waals surface area contributed by atoms with Gasteiger partial charge in [-0.15, -0.1) is 10.2 Å². The molecule has 0 spiro atoms. The zero-order valence-electron chi connectivity index (χ0n) is 15.8. The molecule has 0 fully saturated rings. The number of amides is 1. The van der Waals surface area contributed by atoms with Crippen LogP contribution in [-0.4, -0.2) is 45.0 Å². The molecular weight excluding hydrogens is 367 g/mol. The Bertz CT molecular complexity index is 796. The summed E-state index contributed by atoms with van der Waals surface area (Å²) in [5.74, 6) is 1.10. The molecule has 6 nitrogen and oxygen atoms in total. The quantitative estimate of drug-likeness (QED) is 0.677. The molecule has 2 heterocycles. The minimum absolute atomic E-state index is 0.00435. The molecule has 0 aliphatic carbocycles. The number of halogens is 1. The molecule has 0 saturated heterocycles. The monoisotopic (exact) mass is 392 g/mol. The number of hydrogen-bond donors (Lipinski definition) is 0. The molecule has 1 aromatic carbocycles. The Balaban J connectivity index is 1.61. The fourth-order valence-electron chi connectivity index (χ4n) is 3.19. The molecule has 1 aromatic heterocycles. The lowest BCUT2D eigenvalue weighted by Gasteiger charge is -2.21. The molecule has 2 aromatic rings. The summed E-state index contributed by atoms with van der Waals surface area (Å²) in [6.07, 6.45) is 4.42. The fourth-order valence-corrected chi connectivity index (χ4v) is 4.07. The van der Waals surface area contributed by atoms with Gasteiger partial charge in [0.15, 0.2) is 16.7 Å². The highest BCUT2D eigenvalue weighted by Gasteiger charge is 2.18. The fraction of sp³-hybridized carbons (Fsp3) is 0.526. The molecule has 1 amide bonds. The third-order valence-electron chi connectivity index (χ3n) is 4.72. The lowest BCUT2D eigenvalue weighted by atomic mass is 10.2.